The van der Waals surface area contributed by atoms with E-state index in [9.17, 15) is 13.2 Å². The molecule has 7 heteroatoms. The van der Waals surface area contributed by atoms with E-state index >= 15 is 0 Å². The van der Waals surface area contributed by atoms with Gasteiger partial charge >= 0.3 is 0 Å². The molecule has 6 nitrogen and oxygen atoms in total. The van der Waals surface area contributed by atoms with Crippen molar-refractivity contribution in [1.82, 2.24) is 4.72 Å². The molecule has 2 N–H and O–H groups in total. The fourth-order valence-corrected chi connectivity index (χ4v) is 3.03. The maximum Gasteiger partial charge on any atom is 0.239 e. The zero-order valence-corrected chi connectivity index (χ0v) is 13.7. The van der Waals surface area contributed by atoms with Crippen LogP contribution in [0.3, 0.4) is 0 Å². The Labute approximate surface area is 141 Å². The SMILES string of the molecule is N#Cc1ccccc1NC(=O)CNS(=O)(=O)CCc1ccccc1. The molecule has 0 bridgehead atoms. The number of amides is 1. The number of para-hydroxylation sites is 1. The number of hydrogen-bond acceptors (Lipinski definition) is 4. The molecule has 0 radical (unpaired) electrons. The summed E-state index contributed by atoms with van der Waals surface area (Å²) in [6.45, 7) is -0.378. The van der Waals surface area contributed by atoms with E-state index in [1.807, 2.05) is 36.4 Å². The Morgan fingerprint density at radius 1 is 1.04 bits per heavy atom. The van der Waals surface area contributed by atoms with Crippen molar-refractivity contribution in [2.45, 2.75) is 6.42 Å². The lowest BCUT2D eigenvalue weighted by Gasteiger charge is -2.09. The van der Waals surface area contributed by atoms with Crippen LogP contribution in [0.15, 0.2) is 54.6 Å². The highest BCUT2D eigenvalue weighted by molar-refractivity contribution is 7.89. The van der Waals surface area contributed by atoms with Crippen LogP contribution in [-0.4, -0.2) is 26.6 Å². The molecule has 0 heterocycles. The van der Waals surface area contributed by atoms with Gasteiger partial charge in [-0.1, -0.05) is 42.5 Å². The molecule has 0 aliphatic carbocycles. The zero-order valence-electron chi connectivity index (χ0n) is 12.9. The van der Waals surface area contributed by atoms with Crippen molar-refractivity contribution in [2.24, 2.45) is 0 Å². The van der Waals surface area contributed by atoms with E-state index < -0.39 is 15.9 Å². The van der Waals surface area contributed by atoms with Crippen LogP contribution < -0.4 is 10.0 Å². The van der Waals surface area contributed by atoms with Crippen LogP contribution in [0.1, 0.15) is 11.1 Å². The summed E-state index contributed by atoms with van der Waals surface area (Å²) in [5.74, 6) is -0.625. The number of benzene rings is 2. The normalized spacial score (nSPS) is 10.8. The summed E-state index contributed by atoms with van der Waals surface area (Å²) >= 11 is 0. The van der Waals surface area contributed by atoms with Gasteiger partial charge in [-0.05, 0) is 24.1 Å². The monoisotopic (exact) mass is 343 g/mol. The van der Waals surface area contributed by atoms with E-state index in [1.54, 1.807) is 24.3 Å². The fraction of sp³-hybridized carbons (Fsp3) is 0.176. The lowest BCUT2D eigenvalue weighted by atomic mass is 10.2. The molecule has 0 aliphatic heterocycles. The average Bonchev–Trinajstić information content (AvgIpc) is 2.60. The molecule has 2 rings (SSSR count). The minimum Gasteiger partial charge on any atom is -0.324 e. The Kier molecular flexibility index (Phi) is 6.07. The van der Waals surface area contributed by atoms with Gasteiger partial charge in [0, 0.05) is 0 Å². The Morgan fingerprint density at radius 2 is 1.71 bits per heavy atom. The Balaban J connectivity index is 1.85. The quantitative estimate of drug-likeness (QED) is 0.798. The molecule has 1 amide bonds. The number of hydrogen-bond donors (Lipinski definition) is 2. The molecule has 0 unspecified atom stereocenters. The summed E-state index contributed by atoms with van der Waals surface area (Å²) in [6, 6.07) is 17.7. The summed E-state index contributed by atoms with van der Waals surface area (Å²) in [5.41, 5.74) is 1.58. The molecule has 0 saturated heterocycles. The molecule has 2 aromatic carbocycles. The molecule has 24 heavy (non-hydrogen) atoms. The lowest BCUT2D eigenvalue weighted by Crippen LogP contribution is -2.34. The largest absolute Gasteiger partial charge is 0.324 e. The number of carbonyl (C=O) groups excluding carboxylic acids is 1. The van der Waals surface area contributed by atoms with Crippen molar-refractivity contribution >= 4 is 21.6 Å². The van der Waals surface area contributed by atoms with Crippen molar-refractivity contribution in [2.75, 3.05) is 17.6 Å². The van der Waals surface area contributed by atoms with Crippen molar-refractivity contribution < 1.29 is 13.2 Å². The van der Waals surface area contributed by atoms with Gasteiger partial charge in [0.15, 0.2) is 0 Å². The minimum atomic E-state index is -3.56. The number of sulfonamides is 1. The second-order valence-corrected chi connectivity index (χ2v) is 7.01. The molecule has 0 aliphatic rings. The van der Waals surface area contributed by atoms with Gasteiger partial charge in [0.05, 0.1) is 23.5 Å². The highest BCUT2D eigenvalue weighted by atomic mass is 32.2. The van der Waals surface area contributed by atoms with E-state index in [0.29, 0.717) is 17.7 Å². The number of nitrogens with one attached hydrogen (secondary N) is 2. The molecule has 2 aromatic rings. The average molecular weight is 343 g/mol. The van der Waals surface area contributed by atoms with Crippen LogP contribution >= 0.6 is 0 Å². The van der Waals surface area contributed by atoms with Gasteiger partial charge < -0.3 is 5.32 Å². The first-order valence-electron chi connectivity index (χ1n) is 7.30. The van der Waals surface area contributed by atoms with Gasteiger partial charge in [-0.2, -0.15) is 5.26 Å². The predicted octanol–water partition coefficient (Wildman–Crippen LogP) is 1.66. The standard InChI is InChI=1S/C17H17N3O3S/c18-12-15-8-4-5-9-16(15)20-17(21)13-19-24(22,23)11-10-14-6-2-1-3-7-14/h1-9,19H,10-11,13H2,(H,20,21). The minimum absolute atomic E-state index is 0.0981. The molecular formula is C17H17N3O3S. The molecule has 0 saturated carbocycles. The number of nitrogens with zero attached hydrogens (tertiary/aromatic N) is 1. The van der Waals surface area contributed by atoms with E-state index in [2.05, 4.69) is 10.0 Å². The lowest BCUT2D eigenvalue weighted by molar-refractivity contribution is -0.115. The van der Waals surface area contributed by atoms with Crippen LogP contribution in [0.2, 0.25) is 0 Å². The van der Waals surface area contributed by atoms with Crippen molar-refractivity contribution in [3.8, 4) is 6.07 Å². The Bertz CT molecular complexity index is 843. The molecule has 0 atom stereocenters. The number of nitriles is 1. The summed E-state index contributed by atoms with van der Waals surface area (Å²) in [6.07, 6.45) is 0.370. The number of rotatable bonds is 7. The Hall–Kier alpha value is -2.69. The molecule has 0 spiro atoms. The smallest absolute Gasteiger partial charge is 0.239 e. The van der Waals surface area contributed by atoms with Crippen LogP contribution in [0.25, 0.3) is 0 Å². The highest BCUT2D eigenvalue weighted by Gasteiger charge is 2.13. The van der Waals surface area contributed by atoms with Gasteiger partial charge in [0.2, 0.25) is 15.9 Å². The van der Waals surface area contributed by atoms with E-state index in [0.717, 1.165) is 5.56 Å². The maximum absolute atomic E-state index is 11.9. The van der Waals surface area contributed by atoms with Gasteiger partial charge in [0.1, 0.15) is 6.07 Å². The summed E-state index contributed by atoms with van der Waals surface area (Å²) in [4.78, 5) is 11.9. The second-order valence-electron chi connectivity index (χ2n) is 5.08. The third-order valence-corrected chi connectivity index (χ3v) is 4.60. The van der Waals surface area contributed by atoms with Gasteiger partial charge in [-0.3, -0.25) is 4.79 Å². The number of aryl methyl sites for hydroxylation is 1. The van der Waals surface area contributed by atoms with Gasteiger partial charge in [-0.25, -0.2) is 13.1 Å². The fourth-order valence-electron chi connectivity index (χ4n) is 2.03. The van der Waals surface area contributed by atoms with E-state index in [-0.39, 0.29) is 12.3 Å². The van der Waals surface area contributed by atoms with Crippen LogP contribution in [0.5, 0.6) is 0 Å². The second kappa shape index (κ2) is 8.24. The maximum atomic E-state index is 11.9. The van der Waals surface area contributed by atoms with Gasteiger partial charge in [-0.15, -0.1) is 0 Å². The first-order valence-corrected chi connectivity index (χ1v) is 8.95. The van der Waals surface area contributed by atoms with E-state index in [1.165, 1.54) is 0 Å². The van der Waals surface area contributed by atoms with E-state index in [4.69, 9.17) is 5.26 Å². The first-order chi connectivity index (χ1) is 11.5. The van der Waals surface area contributed by atoms with Crippen LogP contribution in [-0.2, 0) is 21.2 Å². The molecular weight excluding hydrogens is 326 g/mol. The van der Waals surface area contributed by atoms with Crippen molar-refractivity contribution in [1.29, 1.82) is 5.26 Å². The Morgan fingerprint density at radius 3 is 2.42 bits per heavy atom. The van der Waals surface area contributed by atoms with Crippen LogP contribution in [0.4, 0.5) is 5.69 Å². The third-order valence-electron chi connectivity index (χ3n) is 3.28. The summed E-state index contributed by atoms with van der Waals surface area (Å²) in [5, 5.41) is 11.5. The number of carbonyl (C=O) groups is 1. The van der Waals surface area contributed by atoms with Crippen molar-refractivity contribution in [3.63, 3.8) is 0 Å². The van der Waals surface area contributed by atoms with Gasteiger partial charge in [0.25, 0.3) is 0 Å². The highest BCUT2D eigenvalue weighted by Crippen LogP contribution is 2.13. The summed E-state index contributed by atoms with van der Waals surface area (Å²) in [7, 11) is -3.56. The predicted molar refractivity (Wildman–Crippen MR) is 91.7 cm³/mol. The van der Waals surface area contributed by atoms with Crippen LogP contribution in [0, 0.1) is 11.3 Å². The summed E-state index contributed by atoms with van der Waals surface area (Å²) < 4.78 is 26.1. The molecule has 124 valence electrons. The molecule has 0 aromatic heterocycles. The topological polar surface area (TPSA) is 99.1 Å². The third kappa shape index (κ3) is 5.50. The first kappa shape index (κ1) is 17.7. The van der Waals surface area contributed by atoms with Crippen molar-refractivity contribution in [3.05, 3.63) is 65.7 Å². The molecule has 0 fully saturated rings. The zero-order chi connectivity index (χ0) is 17.4. The number of anilines is 1.